The van der Waals surface area contributed by atoms with E-state index >= 15 is 0 Å². The van der Waals surface area contributed by atoms with E-state index in [4.69, 9.17) is 0 Å². The Morgan fingerprint density at radius 2 is 2.23 bits per heavy atom. The number of hydrogen-bond acceptors (Lipinski definition) is 4. The lowest BCUT2D eigenvalue weighted by Crippen LogP contribution is -2.44. The number of nitrogens with one attached hydrogen (secondary N) is 3. The summed E-state index contributed by atoms with van der Waals surface area (Å²) in [5.74, 6) is -0.309. The zero-order chi connectivity index (χ0) is 16.1. The lowest BCUT2D eigenvalue weighted by molar-refractivity contribution is -0.118. The van der Waals surface area contributed by atoms with Gasteiger partial charge in [-0.3, -0.25) is 9.59 Å². The van der Waals surface area contributed by atoms with Gasteiger partial charge >= 0.3 is 0 Å². The molecule has 2 aromatic heterocycles. The zero-order valence-corrected chi connectivity index (χ0v) is 14.6. The first-order chi connectivity index (χ1) is 10.5. The number of aromatic amines is 1. The molecule has 2 amide bonds. The normalized spacial score (nSPS) is 12.2. The van der Waals surface area contributed by atoms with Crippen molar-refractivity contribution in [1.29, 1.82) is 0 Å². The third kappa shape index (κ3) is 4.67. The number of halogens is 1. The maximum Gasteiger partial charge on any atom is 0.268 e. The van der Waals surface area contributed by atoms with Gasteiger partial charge in [-0.25, -0.2) is 4.98 Å². The summed E-state index contributed by atoms with van der Waals surface area (Å²) < 4.78 is 0.783. The summed E-state index contributed by atoms with van der Waals surface area (Å²) in [6.07, 6.45) is 3.83. The molecule has 0 bridgehead atoms. The summed E-state index contributed by atoms with van der Waals surface area (Å²) in [5.41, 5.74) is 0.405. The van der Waals surface area contributed by atoms with Crippen LogP contribution in [0.3, 0.4) is 0 Å². The molecule has 22 heavy (non-hydrogen) atoms. The minimum Gasteiger partial charge on any atom is -0.356 e. The highest BCUT2D eigenvalue weighted by Crippen LogP contribution is 2.14. The lowest BCUT2D eigenvalue weighted by Gasteiger charge is -2.19. The quantitative estimate of drug-likeness (QED) is 0.715. The fraction of sp³-hybridized carbons (Fsp3) is 0.357. The van der Waals surface area contributed by atoms with Crippen molar-refractivity contribution < 1.29 is 9.59 Å². The van der Waals surface area contributed by atoms with Gasteiger partial charge in [0.05, 0.1) is 0 Å². The van der Waals surface area contributed by atoms with Crippen molar-refractivity contribution in [3.05, 3.63) is 34.0 Å². The van der Waals surface area contributed by atoms with Crippen LogP contribution in [0, 0.1) is 5.92 Å². The number of nitrogens with zero attached hydrogens (tertiary/aromatic N) is 1. The molecule has 2 aromatic rings. The Morgan fingerprint density at radius 3 is 2.77 bits per heavy atom. The molecule has 0 unspecified atom stereocenters. The van der Waals surface area contributed by atoms with E-state index in [0.29, 0.717) is 17.2 Å². The monoisotopic (exact) mass is 384 g/mol. The molecule has 0 saturated heterocycles. The molecule has 2 rings (SSSR count). The number of hydrogen-bond donors (Lipinski definition) is 3. The molecule has 0 aromatic carbocycles. The largest absolute Gasteiger partial charge is 0.356 e. The number of carbonyl (C=O) groups is 2. The molecule has 6 nitrogen and oxygen atoms in total. The van der Waals surface area contributed by atoms with E-state index in [-0.39, 0.29) is 17.7 Å². The van der Waals surface area contributed by atoms with E-state index in [1.54, 1.807) is 23.8 Å². The molecule has 3 N–H and O–H groups in total. The van der Waals surface area contributed by atoms with Crippen molar-refractivity contribution in [1.82, 2.24) is 15.3 Å². The Balaban J connectivity index is 2.05. The molecule has 0 spiro atoms. The van der Waals surface area contributed by atoms with Crippen LogP contribution in [0.5, 0.6) is 0 Å². The van der Waals surface area contributed by atoms with Crippen LogP contribution in [0.2, 0.25) is 0 Å². The van der Waals surface area contributed by atoms with Crippen LogP contribution in [-0.4, -0.2) is 27.8 Å². The molecule has 2 heterocycles. The van der Waals surface area contributed by atoms with Crippen LogP contribution < -0.4 is 10.6 Å². The number of H-pyrrole nitrogens is 1. The van der Waals surface area contributed by atoms with E-state index in [9.17, 15) is 9.59 Å². The molecular formula is C14H17BrN4O2S. The Morgan fingerprint density at radius 1 is 1.45 bits per heavy atom. The molecule has 118 valence electrons. The van der Waals surface area contributed by atoms with Crippen LogP contribution in [0.4, 0.5) is 5.13 Å². The molecule has 8 heteroatoms. The zero-order valence-electron chi connectivity index (χ0n) is 12.2. The van der Waals surface area contributed by atoms with Crippen LogP contribution in [-0.2, 0) is 4.79 Å². The number of anilines is 1. The third-order valence-corrected chi connectivity index (χ3v) is 4.03. The van der Waals surface area contributed by atoms with Gasteiger partial charge in [-0.05, 0) is 34.3 Å². The summed E-state index contributed by atoms with van der Waals surface area (Å²) in [6, 6.07) is 1.05. The maximum atomic E-state index is 12.3. The Bertz CT molecular complexity index is 639. The predicted molar refractivity (Wildman–Crippen MR) is 89.9 cm³/mol. The molecule has 0 aliphatic rings. The highest BCUT2D eigenvalue weighted by molar-refractivity contribution is 9.10. The first-order valence-electron chi connectivity index (χ1n) is 6.81. The van der Waals surface area contributed by atoms with Crippen molar-refractivity contribution in [3.63, 3.8) is 0 Å². The van der Waals surface area contributed by atoms with Crippen molar-refractivity contribution >= 4 is 44.2 Å². The predicted octanol–water partition coefficient (Wildman–Crippen LogP) is 3.02. The Hall–Kier alpha value is -1.67. The van der Waals surface area contributed by atoms with E-state index in [1.807, 2.05) is 13.8 Å². The van der Waals surface area contributed by atoms with E-state index in [2.05, 4.69) is 36.5 Å². The fourth-order valence-corrected chi connectivity index (χ4v) is 2.79. The maximum absolute atomic E-state index is 12.3. The minimum atomic E-state index is -0.613. The van der Waals surface area contributed by atoms with Crippen LogP contribution >= 0.6 is 27.3 Å². The molecule has 1 atom stereocenters. The van der Waals surface area contributed by atoms with Gasteiger partial charge in [0.1, 0.15) is 11.7 Å². The molecular weight excluding hydrogens is 368 g/mol. The molecule has 0 aliphatic carbocycles. The third-order valence-electron chi connectivity index (χ3n) is 2.88. The number of thiazole rings is 1. The Labute approximate surface area is 140 Å². The average molecular weight is 385 g/mol. The highest BCUT2D eigenvalue weighted by Gasteiger charge is 2.23. The summed E-state index contributed by atoms with van der Waals surface area (Å²) in [7, 11) is 0. The molecule has 0 radical (unpaired) electrons. The van der Waals surface area contributed by atoms with E-state index in [1.165, 1.54) is 11.3 Å². The van der Waals surface area contributed by atoms with Gasteiger partial charge in [0.15, 0.2) is 5.13 Å². The average Bonchev–Trinajstić information content (AvgIpc) is 3.08. The molecule has 0 fully saturated rings. The summed E-state index contributed by atoms with van der Waals surface area (Å²) in [6.45, 7) is 4.00. The van der Waals surface area contributed by atoms with Crippen molar-refractivity contribution in [2.24, 2.45) is 5.92 Å². The topological polar surface area (TPSA) is 86.9 Å². The second kappa shape index (κ2) is 7.55. The molecule has 0 saturated carbocycles. The second-order valence-corrected chi connectivity index (χ2v) is 7.02. The van der Waals surface area contributed by atoms with Crippen LogP contribution in [0.25, 0.3) is 0 Å². The van der Waals surface area contributed by atoms with Crippen LogP contribution in [0.1, 0.15) is 30.8 Å². The SMILES string of the molecule is CC(C)C[C@@H](NC(=O)c1cc(Br)c[nH]1)C(=O)Nc1nccs1. The second-order valence-electron chi connectivity index (χ2n) is 5.21. The molecule has 0 aliphatic heterocycles. The first kappa shape index (κ1) is 16.7. The Kier molecular flexibility index (Phi) is 5.73. The first-order valence-corrected chi connectivity index (χ1v) is 8.48. The van der Waals surface area contributed by atoms with Gasteiger partial charge in [-0.15, -0.1) is 11.3 Å². The van der Waals surface area contributed by atoms with E-state index < -0.39 is 6.04 Å². The fourth-order valence-electron chi connectivity index (χ4n) is 1.92. The standard InChI is InChI=1S/C14H17BrN4O2S/c1-8(2)5-11(13(21)19-14-16-3-4-22-14)18-12(20)10-6-9(15)7-17-10/h3-4,6-8,11,17H,5H2,1-2H3,(H,18,20)(H,16,19,21)/t11-/m1/s1. The summed E-state index contributed by atoms with van der Waals surface area (Å²) in [4.78, 5) is 31.4. The van der Waals surface area contributed by atoms with Crippen molar-refractivity contribution in [3.8, 4) is 0 Å². The van der Waals surface area contributed by atoms with Gasteiger partial charge in [-0.2, -0.15) is 0 Å². The minimum absolute atomic E-state index is 0.261. The van der Waals surface area contributed by atoms with Gasteiger partial charge in [-0.1, -0.05) is 13.8 Å². The summed E-state index contributed by atoms with van der Waals surface area (Å²) in [5, 5.41) is 7.79. The number of aromatic nitrogens is 2. The van der Waals surface area contributed by atoms with E-state index in [0.717, 1.165) is 4.47 Å². The van der Waals surface area contributed by atoms with Crippen LogP contribution in [0.15, 0.2) is 28.3 Å². The van der Waals surface area contributed by atoms with Gasteiger partial charge in [0.2, 0.25) is 5.91 Å². The van der Waals surface area contributed by atoms with Gasteiger partial charge in [0.25, 0.3) is 5.91 Å². The highest BCUT2D eigenvalue weighted by atomic mass is 79.9. The van der Waals surface area contributed by atoms with Crippen molar-refractivity contribution in [2.45, 2.75) is 26.3 Å². The summed E-state index contributed by atoms with van der Waals surface area (Å²) >= 11 is 4.62. The number of carbonyl (C=O) groups excluding carboxylic acids is 2. The van der Waals surface area contributed by atoms with Gasteiger partial charge in [0, 0.05) is 22.2 Å². The number of rotatable bonds is 6. The smallest absolute Gasteiger partial charge is 0.268 e. The number of amides is 2. The lowest BCUT2D eigenvalue weighted by atomic mass is 10.0. The van der Waals surface area contributed by atoms with Crippen molar-refractivity contribution in [2.75, 3.05) is 5.32 Å². The van der Waals surface area contributed by atoms with Gasteiger partial charge < -0.3 is 15.6 Å².